The van der Waals surface area contributed by atoms with Crippen molar-refractivity contribution >= 4 is 15.7 Å². The van der Waals surface area contributed by atoms with Crippen molar-refractivity contribution in [3.63, 3.8) is 0 Å². The molecule has 3 heterocycles. The van der Waals surface area contributed by atoms with Crippen LogP contribution in [0, 0.1) is 0 Å². The summed E-state index contributed by atoms with van der Waals surface area (Å²) in [5.41, 5.74) is 6.07. The number of sulfonamides is 1. The van der Waals surface area contributed by atoms with Gasteiger partial charge in [0.15, 0.2) is 0 Å². The fraction of sp³-hybridized carbons (Fsp3) is 0.615. The van der Waals surface area contributed by atoms with Crippen molar-refractivity contribution < 1.29 is 8.42 Å². The number of nitrogen functional groups attached to an aromatic ring is 1. The number of hydrogen-bond acceptors (Lipinski definition) is 5. The lowest BCUT2D eigenvalue weighted by Gasteiger charge is -2.41. The van der Waals surface area contributed by atoms with Gasteiger partial charge in [-0.05, 0) is 32.4 Å². The zero-order valence-corrected chi connectivity index (χ0v) is 12.4. The monoisotopic (exact) mass is 296 g/mol. The van der Waals surface area contributed by atoms with Crippen molar-refractivity contribution in [3.05, 3.63) is 18.5 Å². The summed E-state index contributed by atoms with van der Waals surface area (Å²) in [6.07, 6.45) is 5.08. The highest BCUT2D eigenvalue weighted by Gasteiger charge is 2.40. The number of anilines is 1. The van der Waals surface area contributed by atoms with Crippen LogP contribution < -0.4 is 5.73 Å². The number of aromatic nitrogens is 1. The molecule has 2 aliphatic rings. The van der Waals surface area contributed by atoms with E-state index in [-0.39, 0.29) is 16.6 Å². The van der Waals surface area contributed by atoms with E-state index in [1.54, 1.807) is 4.31 Å². The standard InChI is InChI=1S/C13H20N4O2S/c1-10-8-16-6-2-3-11(16)9-17(10)20(18,19)13-7-15-5-4-12(13)14/h4-5,7,10-11H,2-3,6,8-9H2,1H3,(H2,14,15). The third kappa shape index (κ3) is 2.19. The highest BCUT2D eigenvalue weighted by atomic mass is 32.2. The summed E-state index contributed by atoms with van der Waals surface area (Å²) in [4.78, 5) is 6.42. The molecule has 1 aromatic rings. The van der Waals surface area contributed by atoms with Gasteiger partial charge in [-0.3, -0.25) is 9.88 Å². The predicted molar refractivity (Wildman–Crippen MR) is 76.6 cm³/mol. The molecule has 2 N–H and O–H groups in total. The second kappa shape index (κ2) is 4.98. The van der Waals surface area contributed by atoms with E-state index in [0.29, 0.717) is 12.6 Å². The quantitative estimate of drug-likeness (QED) is 0.861. The summed E-state index contributed by atoms with van der Waals surface area (Å²) >= 11 is 0. The number of piperazine rings is 1. The van der Waals surface area contributed by atoms with Crippen LogP contribution in [-0.2, 0) is 10.0 Å². The molecule has 7 heteroatoms. The summed E-state index contributed by atoms with van der Waals surface area (Å²) in [6.45, 7) is 4.39. The molecule has 6 nitrogen and oxygen atoms in total. The molecule has 2 aliphatic heterocycles. The molecule has 110 valence electrons. The first-order valence-electron chi connectivity index (χ1n) is 6.95. The van der Waals surface area contributed by atoms with Crippen LogP contribution in [0.15, 0.2) is 23.4 Å². The third-order valence-corrected chi connectivity index (χ3v) is 6.31. The first-order chi connectivity index (χ1) is 9.50. The van der Waals surface area contributed by atoms with Gasteiger partial charge in [0.05, 0.1) is 5.69 Å². The molecule has 0 aromatic carbocycles. The Labute approximate surface area is 119 Å². The lowest BCUT2D eigenvalue weighted by molar-refractivity contribution is 0.117. The Bertz CT molecular complexity index is 604. The van der Waals surface area contributed by atoms with E-state index in [0.717, 1.165) is 25.9 Å². The van der Waals surface area contributed by atoms with Crippen LogP contribution in [0.1, 0.15) is 19.8 Å². The molecule has 0 bridgehead atoms. The van der Waals surface area contributed by atoms with Crippen LogP contribution in [0.25, 0.3) is 0 Å². The second-order valence-electron chi connectivity index (χ2n) is 5.63. The van der Waals surface area contributed by atoms with Gasteiger partial charge in [0.1, 0.15) is 4.90 Å². The molecular weight excluding hydrogens is 276 g/mol. The summed E-state index contributed by atoms with van der Waals surface area (Å²) in [6, 6.07) is 1.84. The predicted octanol–water partition coefficient (Wildman–Crippen LogP) is 0.521. The van der Waals surface area contributed by atoms with E-state index in [1.165, 1.54) is 18.5 Å². The van der Waals surface area contributed by atoms with Crippen LogP contribution in [0.3, 0.4) is 0 Å². The number of hydrogen-bond donors (Lipinski definition) is 1. The minimum absolute atomic E-state index is 0.0334. The van der Waals surface area contributed by atoms with Crippen LogP contribution in [0.4, 0.5) is 5.69 Å². The van der Waals surface area contributed by atoms with E-state index < -0.39 is 10.0 Å². The number of pyridine rings is 1. The summed E-state index contributed by atoms with van der Waals surface area (Å²) in [7, 11) is -3.56. The van der Waals surface area contributed by atoms with Gasteiger partial charge in [-0.25, -0.2) is 8.42 Å². The molecule has 0 saturated carbocycles. The van der Waals surface area contributed by atoms with Crippen LogP contribution in [0.2, 0.25) is 0 Å². The Kier molecular flexibility index (Phi) is 3.43. The Morgan fingerprint density at radius 2 is 2.20 bits per heavy atom. The third-order valence-electron chi connectivity index (χ3n) is 4.28. The zero-order valence-electron chi connectivity index (χ0n) is 11.6. The molecule has 0 amide bonds. The normalized spacial score (nSPS) is 28.4. The molecule has 0 spiro atoms. The lowest BCUT2D eigenvalue weighted by Crippen LogP contribution is -2.56. The van der Waals surface area contributed by atoms with E-state index in [2.05, 4.69) is 9.88 Å². The van der Waals surface area contributed by atoms with Crippen molar-refractivity contribution in [2.75, 3.05) is 25.4 Å². The molecule has 0 aliphatic carbocycles. The molecule has 3 rings (SSSR count). The van der Waals surface area contributed by atoms with Crippen molar-refractivity contribution in [3.8, 4) is 0 Å². The Morgan fingerprint density at radius 3 is 2.95 bits per heavy atom. The Balaban J connectivity index is 1.93. The minimum Gasteiger partial charge on any atom is -0.398 e. The van der Waals surface area contributed by atoms with E-state index >= 15 is 0 Å². The van der Waals surface area contributed by atoms with E-state index in [4.69, 9.17) is 5.73 Å². The lowest BCUT2D eigenvalue weighted by atomic mass is 10.1. The summed E-state index contributed by atoms with van der Waals surface area (Å²) in [5.74, 6) is 0. The van der Waals surface area contributed by atoms with E-state index in [1.807, 2.05) is 6.92 Å². The van der Waals surface area contributed by atoms with Crippen LogP contribution >= 0.6 is 0 Å². The van der Waals surface area contributed by atoms with Gasteiger partial charge in [0.2, 0.25) is 10.0 Å². The summed E-state index contributed by atoms with van der Waals surface area (Å²) < 4.78 is 27.2. The Morgan fingerprint density at radius 1 is 1.40 bits per heavy atom. The van der Waals surface area contributed by atoms with Gasteiger partial charge in [-0.15, -0.1) is 0 Å². The fourth-order valence-electron chi connectivity index (χ4n) is 3.23. The Hall–Kier alpha value is -1.18. The number of nitrogens with zero attached hydrogens (tertiary/aromatic N) is 3. The molecule has 0 radical (unpaired) electrons. The maximum absolute atomic E-state index is 12.8. The minimum atomic E-state index is -3.56. The molecule has 20 heavy (non-hydrogen) atoms. The van der Waals surface area contributed by atoms with Crippen molar-refractivity contribution in [1.82, 2.24) is 14.2 Å². The van der Waals surface area contributed by atoms with Gasteiger partial charge < -0.3 is 5.73 Å². The number of rotatable bonds is 2. The molecule has 1 aromatic heterocycles. The van der Waals surface area contributed by atoms with Crippen molar-refractivity contribution in [1.29, 1.82) is 0 Å². The topological polar surface area (TPSA) is 79.5 Å². The highest BCUT2D eigenvalue weighted by Crippen LogP contribution is 2.30. The van der Waals surface area contributed by atoms with Gasteiger partial charge >= 0.3 is 0 Å². The van der Waals surface area contributed by atoms with Gasteiger partial charge in [-0.2, -0.15) is 4.31 Å². The SMILES string of the molecule is CC1CN2CCCC2CN1S(=O)(=O)c1cnccc1N. The van der Waals surface area contributed by atoms with Crippen LogP contribution in [0.5, 0.6) is 0 Å². The second-order valence-corrected chi connectivity index (χ2v) is 7.49. The fourth-order valence-corrected chi connectivity index (χ4v) is 4.95. The maximum atomic E-state index is 12.8. The molecule has 2 unspecified atom stereocenters. The molecule has 2 saturated heterocycles. The van der Waals surface area contributed by atoms with Crippen molar-refractivity contribution in [2.45, 2.75) is 36.7 Å². The number of nitrogens with two attached hydrogens (primary N) is 1. The molecular formula is C13H20N4O2S. The molecule has 2 atom stereocenters. The van der Waals surface area contributed by atoms with Crippen molar-refractivity contribution in [2.24, 2.45) is 0 Å². The summed E-state index contributed by atoms with van der Waals surface area (Å²) in [5, 5.41) is 0. The number of fused-ring (bicyclic) bond motifs is 1. The largest absolute Gasteiger partial charge is 0.398 e. The van der Waals surface area contributed by atoms with Crippen LogP contribution in [-0.4, -0.2) is 54.3 Å². The zero-order chi connectivity index (χ0) is 14.3. The average molecular weight is 296 g/mol. The molecule has 2 fully saturated rings. The first-order valence-corrected chi connectivity index (χ1v) is 8.39. The van der Waals surface area contributed by atoms with Gasteiger partial charge in [-0.1, -0.05) is 0 Å². The van der Waals surface area contributed by atoms with Gasteiger partial charge in [0.25, 0.3) is 0 Å². The van der Waals surface area contributed by atoms with Gasteiger partial charge in [0, 0.05) is 37.6 Å². The van der Waals surface area contributed by atoms with E-state index in [9.17, 15) is 8.42 Å². The first kappa shape index (κ1) is 13.8. The maximum Gasteiger partial charge on any atom is 0.247 e. The average Bonchev–Trinajstić information content (AvgIpc) is 2.85. The smallest absolute Gasteiger partial charge is 0.247 e. The highest BCUT2D eigenvalue weighted by molar-refractivity contribution is 7.89.